The Hall–Kier alpha value is -2.61. The highest BCUT2D eigenvalue weighted by Gasteiger charge is 2.16. The summed E-state index contributed by atoms with van der Waals surface area (Å²) < 4.78 is 13.9. The van der Waals surface area contributed by atoms with E-state index in [1.54, 1.807) is 29.1 Å². The lowest BCUT2D eigenvalue weighted by Gasteiger charge is -2.10. The lowest BCUT2D eigenvalue weighted by Crippen LogP contribution is -2.32. The molecule has 0 bridgehead atoms. The van der Waals surface area contributed by atoms with Crippen LogP contribution in [0.5, 0.6) is 0 Å². The van der Waals surface area contributed by atoms with E-state index in [0.29, 0.717) is 37.0 Å². The molecule has 1 N–H and O–H groups in total. The van der Waals surface area contributed by atoms with E-state index in [1.807, 2.05) is 0 Å². The van der Waals surface area contributed by atoms with Crippen LogP contribution in [0.15, 0.2) is 33.9 Å². The Morgan fingerprint density at radius 1 is 1.40 bits per heavy atom. The number of nitrogens with zero attached hydrogens (tertiary/aromatic N) is 3. The number of aromatic nitrogens is 3. The van der Waals surface area contributed by atoms with Crippen molar-refractivity contribution in [3.05, 3.63) is 35.1 Å². The van der Waals surface area contributed by atoms with Gasteiger partial charge in [0.25, 0.3) is 5.56 Å². The highest BCUT2D eigenvalue weighted by atomic mass is 16.5. The summed E-state index contributed by atoms with van der Waals surface area (Å²) in [5, 5.41) is 7.07. The first-order valence-electron chi connectivity index (χ1n) is 8.55. The maximum atomic E-state index is 12.5. The van der Waals surface area contributed by atoms with Gasteiger partial charge >= 0.3 is 0 Å². The summed E-state index contributed by atoms with van der Waals surface area (Å²) in [5.41, 5.74) is 1.81. The molecule has 0 spiro atoms. The van der Waals surface area contributed by atoms with E-state index >= 15 is 0 Å². The maximum Gasteiger partial charge on any atom is 0.291 e. The van der Waals surface area contributed by atoms with Crippen LogP contribution in [-0.2, 0) is 16.1 Å². The van der Waals surface area contributed by atoms with Gasteiger partial charge in [-0.25, -0.2) is 4.68 Å². The fourth-order valence-electron chi connectivity index (χ4n) is 3.20. The van der Waals surface area contributed by atoms with Crippen molar-refractivity contribution in [2.45, 2.75) is 38.3 Å². The van der Waals surface area contributed by atoms with Crippen LogP contribution in [0.3, 0.4) is 0 Å². The zero-order valence-corrected chi connectivity index (χ0v) is 13.8. The second-order valence-corrected chi connectivity index (χ2v) is 6.27. The van der Waals surface area contributed by atoms with Crippen LogP contribution >= 0.6 is 0 Å². The van der Waals surface area contributed by atoms with Gasteiger partial charge in [-0.2, -0.15) is 5.10 Å². The molecule has 1 unspecified atom stereocenters. The Morgan fingerprint density at radius 2 is 2.32 bits per heavy atom. The molecule has 1 amide bonds. The summed E-state index contributed by atoms with van der Waals surface area (Å²) in [4.78, 5) is 24.4. The van der Waals surface area contributed by atoms with E-state index in [9.17, 15) is 9.59 Å². The molecule has 3 aromatic rings. The molecule has 25 heavy (non-hydrogen) atoms. The van der Waals surface area contributed by atoms with Crippen molar-refractivity contribution in [3.8, 4) is 0 Å². The Morgan fingerprint density at radius 3 is 3.16 bits per heavy atom. The van der Waals surface area contributed by atoms with Crippen molar-refractivity contribution in [1.82, 2.24) is 19.5 Å². The fourth-order valence-corrected chi connectivity index (χ4v) is 3.20. The van der Waals surface area contributed by atoms with Crippen LogP contribution in [0.25, 0.3) is 16.6 Å². The van der Waals surface area contributed by atoms with Crippen molar-refractivity contribution in [3.63, 3.8) is 0 Å². The average molecular weight is 344 g/mol. The van der Waals surface area contributed by atoms with Crippen LogP contribution in [0.1, 0.15) is 25.7 Å². The molecule has 1 aliphatic heterocycles. The van der Waals surface area contributed by atoms with Gasteiger partial charge in [-0.05, 0) is 19.3 Å². The van der Waals surface area contributed by atoms with E-state index in [0.717, 1.165) is 25.0 Å². The molecule has 1 saturated heterocycles. The minimum absolute atomic E-state index is 0.0233. The van der Waals surface area contributed by atoms with Gasteiger partial charge < -0.3 is 14.5 Å². The quantitative estimate of drug-likeness (QED) is 0.728. The predicted molar refractivity (Wildman–Crippen MR) is 90.4 cm³/mol. The lowest BCUT2D eigenvalue weighted by molar-refractivity contribution is -0.121. The first kappa shape index (κ1) is 15.9. The molecule has 4 rings (SSSR count). The number of carbonyl (C=O) groups excluding carboxylic acids is 1. The van der Waals surface area contributed by atoms with Gasteiger partial charge in [-0.15, -0.1) is 0 Å². The monoisotopic (exact) mass is 344 g/mol. The fraction of sp³-hybridized carbons (Fsp3) is 0.471. The molecule has 4 heterocycles. The molecule has 8 heteroatoms. The predicted octanol–water partition coefficient (Wildman–Crippen LogP) is 1.32. The van der Waals surface area contributed by atoms with Gasteiger partial charge in [0.05, 0.1) is 17.9 Å². The molecular formula is C17H20N4O4. The zero-order valence-electron chi connectivity index (χ0n) is 13.8. The Labute approximate surface area is 143 Å². The molecule has 3 aromatic heterocycles. The molecule has 0 aliphatic carbocycles. The minimum atomic E-state index is -0.186. The standard InChI is InChI=1S/C17H20N4O4/c22-16(18-10-12-3-2-7-24-12)4-1-6-21-17(23)14-9-15-13(5-8-25-15)20(14)11-19-21/h5,8-9,11-12H,1-4,6-7,10H2,(H,18,22). The number of furan rings is 1. The average Bonchev–Trinajstić information content (AvgIpc) is 3.32. The van der Waals surface area contributed by atoms with E-state index in [4.69, 9.17) is 9.15 Å². The summed E-state index contributed by atoms with van der Waals surface area (Å²) in [6, 6.07) is 3.51. The van der Waals surface area contributed by atoms with Crippen molar-refractivity contribution >= 4 is 22.5 Å². The third-order valence-corrected chi connectivity index (χ3v) is 4.54. The number of ether oxygens (including phenoxy) is 1. The molecule has 8 nitrogen and oxygen atoms in total. The van der Waals surface area contributed by atoms with Crippen LogP contribution in [0, 0.1) is 0 Å². The van der Waals surface area contributed by atoms with Gasteiger partial charge in [-0.3, -0.25) is 14.0 Å². The SMILES string of the molecule is O=C(CCCn1ncn2c(cc3occc32)c1=O)NCC1CCCO1. The molecule has 1 atom stereocenters. The van der Waals surface area contributed by atoms with E-state index in [2.05, 4.69) is 10.4 Å². The molecule has 1 aliphatic rings. The highest BCUT2D eigenvalue weighted by Crippen LogP contribution is 2.18. The molecule has 1 fully saturated rings. The van der Waals surface area contributed by atoms with Gasteiger partial charge in [-0.1, -0.05) is 0 Å². The molecule has 132 valence electrons. The minimum Gasteiger partial charge on any atom is -0.463 e. The number of carbonyl (C=O) groups is 1. The zero-order chi connectivity index (χ0) is 17.2. The largest absolute Gasteiger partial charge is 0.463 e. The van der Waals surface area contributed by atoms with Crippen LogP contribution in [-0.4, -0.2) is 39.3 Å². The Balaban J connectivity index is 1.35. The number of aryl methyl sites for hydroxylation is 1. The number of hydrogen-bond acceptors (Lipinski definition) is 5. The number of rotatable bonds is 6. The van der Waals surface area contributed by atoms with Gasteiger partial charge in [0.1, 0.15) is 11.8 Å². The van der Waals surface area contributed by atoms with Crippen molar-refractivity contribution < 1.29 is 13.9 Å². The topological polar surface area (TPSA) is 90.8 Å². The maximum absolute atomic E-state index is 12.5. The summed E-state index contributed by atoms with van der Waals surface area (Å²) in [6.45, 7) is 1.74. The van der Waals surface area contributed by atoms with Crippen LogP contribution in [0.2, 0.25) is 0 Å². The second-order valence-electron chi connectivity index (χ2n) is 6.27. The second kappa shape index (κ2) is 6.72. The summed E-state index contributed by atoms with van der Waals surface area (Å²) in [7, 11) is 0. The number of amides is 1. The van der Waals surface area contributed by atoms with Crippen molar-refractivity contribution in [2.75, 3.05) is 13.2 Å². The normalized spacial score (nSPS) is 17.5. The van der Waals surface area contributed by atoms with Crippen LogP contribution in [0.4, 0.5) is 0 Å². The number of nitrogens with one attached hydrogen (secondary N) is 1. The van der Waals surface area contributed by atoms with Crippen molar-refractivity contribution in [1.29, 1.82) is 0 Å². The Bertz CT molecular complexity index is 949. The molecule has 0 aromatic carbocycles. The summed E-state index contributed by atoms with van der Waals surface area (Å²) in [6.07, 6.45) is 6.29. The third kappa shape index (κ3) is 3.17. The highest BCUT2D eigenvalue weighted by molar-refractivity contribution is 5.81. The van der Waals surface area contributed by atoms with E-state index < -0.39 is 0 Å². The van der Waals surface area contributed by atoms with E-state index in [1.165, 1.54) is 4.68 Å². The van der Waals surface area contributed by atoms with Gasteiger partial charge in [0.15, 0.2) is 5.58 Å². The molecular weight excluding hydrogens is 324 g/mol. The van der Waals surface area contributed by atoms with Gasteiger partial charge in [0.2, 0.25) is 5.91 Å². The van der Waals surface area contributed by atoms with Gasteiger partial charge in [0, 0.05) is 38.2 Å². The smallest absolute Gasteiger partial charge is 0.291 e. The first-order valence-corrected chi connectivity index (χ1v) is 8.55. The van der Waals surface area contributed by atoms with Crippen LogP contribution < -0.4 is 10.9 Å². The summed E-state index contributed by atoms with van der Waals surface area (Å²) in [5.74, 6) is -0.0233. The molecule has 0 radical (unpaired) electrons. The Kier molecular flexibility index (Phi) is 4.27. The first-order chi connectivity index (χ1) is 12.2. The lowest BCUT2D eigenvalue weighted by atomic mass is 10.2. The molecule has 0 saturated carbocycles. The van der Waals surface area contributed by atoms with Crippen molar-refractivity contribution in [2.24, 2.45) is 0 Å². The van der Waals surface area contributed by atoms with E-state index in [-0.39, 0.29) is 17.6 Å². The summed E-state index contributed by atoms with van der Waals surface area (Å²) >= 11 is 0. The third-order valence-electron chi connectivity index (χ3n) is 4.54. The number of fused-ring (bicyclic) bond motifs is 3. The number of hydrogen-bond donors (Lipinski definition) is 1.